The Morgan fingerprint density at radius 2 is 1.96 bits per heavy atom. The third-order valence-corrected chi connectivity index (χ3v) is 4.28. The quantitative estimate of drug-likeness (QED) is 0.782. The summed E-state index contributed by atoms with van der Waals surface area (Å²) < 4.78 is 7.29. The van der Waals surface area contributed by atoms with E-state index in [0.717, 1.165) is 33.6 Å². The number of rotatable bonds is 4. The number of aromatic nitrogens is 1. The lowest BCUT2D eigenvalue weighted by atomic mass is 10.1. The van der Waals surface area contributed by atoms with Gasteiger partial charge in [-0.25, -0.2) is 0 Å². The number of hydrogen-bond donors (Lipinski definition) is 1. The van der Waals surface area contributed by atoms with E-state index in [0.29, 0.717) is 12.0 Å². The van der Waals surface area contributed by atoms with Crippen molar-refractivity contribution in [2.45, 2.75) is 13.3 Å². The van der Waals surface area contributed by atoms with Crippen LogP contribution in [0.3, 0.4) is 0 Å². The van der Waals surface area contributed by atoms with Crippen molar-refractivity contribution in [1.29, 1.82) is 5.26 Å². The second kappa shape index (κ2) is 6.70. The maximum Gasteiger partial charge on any atom is 0.224 e. The van der Waals surface area contributed by atoms with Gasteiger partial charge < -0.3 is 14.6 Å². The van der Waals surface area contributed by atoms with Crippen LogP contribution in [0.15, 0.2) is 42.5 Å². The number of fused-ring (bicyclic) bond motifs is 1. The lowest BCUT2D eigenvalue weighted by molar-refractivity contribution is -0.115. The van der Waals surface area contributed by atoms with Gasteiger partial charge in [0.05, 0.1) is 18.4 Å². The summed E-state index contributed by atoms with van der Waals surface area (Å²) in [5.41, 5.74) is 4.09. The second-order valence-electron chi connectivity index (χ2n) is 5.76. The van der Waals surface area contributed by atoms with Crippen molar-refractivity contribution in [1.82, 2.24) is 4.57 Å². The zero-order valence-electron chi connectivity index (χ0n) is 14.5. The number of benzene rings is 2. The molecule has 0 fully saturated rings. The van der Waals surface area contributed by atoms with Crippen molar-refractivity contribution in [3.63, 3.8) is 0 Å². The molecule has 5 heteroatoms. The number of amides is 1. The smallest absolute Gasteiger partial charge is 0.224 e. The monoisotopic (exact) mass is 333 g/mol. The van der Waals surface area contributed by atoms with E-state index in [1.54, 1.807) is 7.11 Å². The highest BCUT2D eigenvalue weighted by molar-refractivity contribution is 5.96. The lowest BCUT2D eigenvalue weighted by Crippen LogP contribution is -2.09. The van der Waals surface area contributed by atoms with Gasteiger partial charge in [-0.3, -0.25) is 4.79 Å². The van der Waals surface area contributed by atoms with Gasteiger partial charge >= 0.3 is 0 Å². The molecular weight excluding hydrogens is 314 g/mol. The topological polar surface area (TPSA) is 67.1 Å². The van der Waals surface area contributed by atoms with Crippen LogP contribution in [0.1, 0.15) is 18.9 Å². The van der Waals surface area contributed by atoms with E-state index < -0.39 is 0 Å². The number of anilines is 1. The number of nitrogens with zero attached hydrogens (tertiary/aromatic N) is 2. The molecule has 0 saturated carbocycles. The number of carbonyl (C=O) groups is 1. The molecule has 25 heavy (non-hydrogen) atoms. The summed E-state index contributed by atoms with van der Waals surface area (Å²) in [5.74, 6) is 0.695. The molecule has 1 heterocycles. The van der Waals surface area contributed by atoms with Crippen molar-refractivity contribution in [2.75, 3.05) is 12.4 Å². The predicted molar refractivity (Wildman–Crippen MR) is 98.5 cm³/mol. The molecule has 5 nitrogen and oxygen atoms in total. The van der Waals surface area contributed by atoms with E-state index in [9.17, 15) is 10.1 Å². The number of aryl methyl sites for hydroxylation is 1. The minimum Gasteiger partial charge on any atom is -0.497 e. The first kappa shape index (κ1) is 16.6. The van der Waals surface area contributed by atoms with Gasteiger partial charge in [-0.05, 0) is 35.9 Å². The first-order chi connectivity index (χ1) is 12.1. The molecule has 0 radical (unpaired) electrons. The van der Waals surface area contributed by atoms with Crippen LogP contribution in [0.25, 0.3) is 22.2 Å². The summed E-state index contributed by atoms with van der Waals surface area (Å²) >= 11 is 0. The minimum atomic E-state index is -0.0258. The molecule has 1 aromatic heterocycles. The standard InChI is InChI=1S/C20H19N3O2/c1-4-19(24)22-14-7-5-13(6-8-14)20-17(12-21)16-11-15(25-3)9-10-18(16)23(20)2/h5-11H,4H2,1-3H3,(H,22,24). The number of carbonyl (C=O) groups excluding carboxylic acids is 1. The normalized spacial score (nSPS) is 10.5. The van der Waals surface area contributed by atoms with Crippen LogP contribution in [-0.4, -0.2) is 17.6 Å². The van der Waals surface area contributed by atoms with E-state index in [2.05, 4.69) is 11.4 Å². The van der Waals surface area contributed by atoms with Crippen LogP contribution >= 0.6 is 0 Å². The summed E-state index contributed by atoms with van der Waals surface area (Å²) in [5, 5.41) is 13.4. The highest BCUT2D eigenvalue weighted by Crippen LogP contribution is 2.34. The number of nitriles is 1. The first-order valence-electron chi connectivity index (χ1n) is 8.05. The zero-order chi connectivity index (χ0) is 18.0. The molecule has 1 N–H and O–H groups in total. The van der Waals surface area contributed by atoms with Crippen LogP contribution in [0, 0.1) is 11.3 Å². The van der Waals surface area contributed by atoms with Gasteiger partial charge in [-0.15, -0.1) is 0 Å². The SMILES string of the molecule is CCC(=O)Nc1ccc(-c2c(C#N)c3cc(OC)ccc3n2C)cc1. The van der Waals surface area contributed by atoms with Gasteiger partial charge in [0, 0.05) is 30.1 Å². The van der Waals surface area contributed by atoms with Crippen LogP contribution in [-0.2, 0) is 11.8 Å². The van der Waals surface area contributed by atoms with Crippen molar-refractivity contribution < 1.29 is 9.53 Å². The Labute approximate surface area is 146 Å². The van der Waals surface area contributed by atoms with Crippen molar-refractivity contribution in [3.8, 4) is 23.1 Å². The molecule has 3 aromatic rings. The largest absolute Gasteiger partial charge is 0.497 e. The van der Waals surface area contributed by atoms with Crippen LogP contribution < -0.4 is 10.1 Å². The fourth-order valence-electron chi connectivity index (χ4n) is 2.96. The molecule has 0 aliphatic heterocycles. The van der Waals surface area contributed by atoms with E-state index in [1.165, 1.54) is 0 Å². The molecule has 126 valence electrons. The van der Waals surface area contributed by atoms with Gasteiger partial charge in [0.1, 0.15) is 11.8 Å². The molecule has 0 bridgehead atoms. The number of ether oxygens (including phenoxy) is 1. The molecule has 1 amide bonds. The number of nitrogens with one attached hydrogen (secondary N) is 1. The Kier molecular flexibility index (Phi) is 4.44. The Bertz CT molecular complexity index is 979. The second-order valence-corrected chi connectivity index (χ2v) is 5.76. The fraction of sp³-hybridized carbons (Fsp3) is 0.200. The van der Waals surface area contributed by atoms with Crippen molar-refractivity contribution in [2.24, 2.45) is 7.05 Å². The highest BCUT2D eigenvalue weighted by atomic mass is 16.5. The van der Waals surface area contributed by atoms with Gasteiger partial charge in [0.25, 0.3) is 0 Å². The highest BCUT2D eigenvalue weighted by Gasteiger charge is 2.17. The van der Waals surface area contributed by atoms with E-state index in [4.69, 9.17) is 4.74 Å². The molecule has 0 spiro atoms. The summed E-state index contributed by atoms with van der Waals surface area (Å²) in [4.78, 5) is 11.5. The summed E-state index contributed by atoms with van der Waals surface area (Å²) in [6, 6.07) is 15.6. The molecule has 0 saturated heterocycles. The Morgan fingerprint density at radius 1 is 1.24 bits per heavy atom. The maximum absolute atomic E-state index is 11.5. The van der Waals surface area contributed by atoms with Crippen LogP contribution in [0.2, 0.25) is 0 Å². The fourth-order valence-corrected chi connectivity index (χ4v) is 2.96. The molecule has 3 rings (SSSR count). The van der Waals surface area contributed by atoms with Crippen molar-refractivity contribution >= 4 is 22.5 Å². The number of methoxy groups -OCH3 is 1. The Hall–Kier alpha value is -3.26. The average molecular weight is 333 g/mol. The lowest BCUT2D eigenvalue weighted by Gasteiger charge is -2.08. The Balaban J connectivity index is 2.10. The minimum absolute atomic E-state index is 0.0258. The average Bonchev–Trinajstić information content (AvgIpc) is 2.93. The van der Waals surface area contributed by atoms with Gasteiger partial charge in [0.2, 0.25) is 5.91 Å². The molecule has 0 aliphatic carbocycles. The van der Waals surface area contributed by atoms with Gasteiger partial charge in [0.15, 0.2) is 0 Å². The molecule has 0 atom stereocenters. The summed E-state index contributed by atoms with van der Waals surface area (Å²) in [6.45, 7) is 1.81. The molecule has 0 unspecified atom stereocenters. The summed E-state index contributed by atoms with van der Waals surface area (Å²) in [7, 11) is 3.55. The molecule has 2 aromatic carbocycles. The number of hydrogen-bond acceptors (Lipinski definition) is 3. The van der Waals surface area contributed by atoms with Crippen LogP contribution in [0.4, 0.5) is 5.69 Å². The zero-order valence-corrected chi connectivity index (χ0v) is 14.5. The Morgan fingerprint density at radius 3 is 2.56 bits per heavy atom. The predicted octanol–water partition coefficient (Wildman–Crippen LogP) is 4.07. The van der Waals surface area contributed by atoms with Crippen LogP contribution in [0.5, 0.6) is 5.75 Å². The third-order valence-electron chi connectivity index (χ3n) is 4.28. The first-order valence-corrected chi connectivity index (χ1v) is 8.05. The van der Waals surface area contributed by atoms with E-state index in [-0.39, 0.29) is 5.91 Å². The maximum atomic E-state index is 11.5. The molecule has 0 aliphatic rings. The molecular formula is C20H19N3O2. The van der Waals surface area contributed by atoms with Gasteiger partial charge in [-0.2, -0.15) is 5.26 Å². The van der Waals surface area contributed by atoms with E-state index >= 15 is 0 Å². The third kappa shape index (κ3) is 2.94. The summed E-state index contributed by atoms with van der Waals surface area (Å²) in [6.07, 6.45) is 0.436. The van der Waals surface area contributed by atoms with Gasteiger partial charge in [-0.1, -0.05) is 19.1 Å². The van der Waals surface area contributed by atoms with Crippen molar-refractivity contribution in [3.05, 3.63) is 48.0 Å². The van der Waals surface area contributed by atoms with E-state index in [1.807, 2.05) is 61.0 Å².